The molecule has 1 nitrogen and oxygen atoms in total. The number of benzene rings is 1. The molecule has 0 aromatic heterocycles. The molecule has 0 amide bonds. The molecule has 1 aromatic rings. The molecule has 80 valence electrons. The first kappa shape index (κ1) is 12.8. The summed E-state index contributed by atoms with van der Waals surface area (Å²) < 4.78 is 1.42. The molecule has 0 aliphatic carbocycles. The molecule has 0 saturated carbocycles. The summed E-state index contributed by atoms with van der Waals surface area (Å²) in [5, 5.41) is 0.521. The van der Waals surface area contributed by atoms with Crippen LogP contribution in [0, 0.1) is 0 Å². The first-order valence-corrected chi connectivity index (χ1v) is 15.2. The third-order valence-electron chi connectivity index (χ3n) is 2.33. The molecule has 3 heteroatoms. The van der Waals surface area contributed by atoms with E-state index < -0.39 is 18.4 Å². The summed E-state index contributed by atoms with van der Waals surface area (Å²) in [7, 11) is 0. The van der Waals surface area contributed by atoms with E-state index in [-0.39, 0.29) is 0 Å². The van der Waals surface area contributed by atoms with Crippen LogP contribution < -0.4 is 3.58 Å². The number of halogens is 1. The van der Waals surface area contributed by atoms with Crippen LogP contribution in [-0.2, 0) is 0 Å². The minimum absolute atomic E-state index is 0.521. The van der Waals surface area contributed by atoms with Crippen LogP contribution in [0.15, 0.2) is 29.8 Å². The number of nitrogens with zero attached hydrogens (tertiary/aromatic N) is 1. The van der Waals surface area contributed by atoms with Gasteiger partial charge in [0.05, 0.1) is 0 Å². The topological polar surface area (TPSA) is 12.4 Å². The van der Waals surface area contributed by atoms with Crippen LogP contribution in [-0.4, -0.2) is 25.1 Å². The van der Waals surface area contributed by atoms with E-state index in [4.69, 9.17) is 11.6 Å². The molecule has 0 aliphatic rings. The molecular formula is C12H16ClNSn. The minimum atomic E-state index is -2.02. The number of hydrogen-bond acceptors (Lipinski definition) is 1. The Morgan fingerprint density at radius 2 is 1.93 bits per heavy atom. The summed E-state index contributed by atoms with van der Waals surface area (Å²) in [6.07, 6.45) is 0. The molecule has 0 saturated heterocycles. The Balaban J connectivity index is 3.31. The number of rotatable bonds is 3. The van der Waals surface area contributed by atoms with Gasteiger partial charge in [0, 0.05) is 0 Å². The third-order valence-corrected chi connectivity index (χ3v) is 8.36. The van der Waals surface area contributed by atoms with Gasteiger partial charge in [0.25, 0.3) is 0 Å². The molecule has 0 atom stereocenters. The Morgan fingerprint density at radius 3 is 2.33 bits per heavy atom. The van der Waals surface area contributed by atoms with Gasteiger partial charge in [-0.25, -0.2) is 0 Å². The van der Waals surface area contributed by atoms with Crippen molar-refractivity contribution in [3.05, 3.63) is 30.3 Å². The zero-order chi connectivity index (χ0) is 11.6. The maximum absolute atomic E-state index is 5.89. The molecule has 0 aliphatic heterocycles. The maximum atomic E-state index is 5.89. The van der Waals surface area contributed by atoms with Crippen LogP contribution in [0.5, 0.6) is 0 Å². The summed E-state index contributed by atoms with van der Waals surface area (Å²) >= 11 is 3.87. The summed E-state index contributed by atoms with van der Waals surface area (Å²) in [6.45, 7) is 7.29. The normalized spacial score (nSPS) is 11.2. The van der Waals surface area contributed by atoms with Crippen molar-refractivity contribution < 1.29 is 0 Å². The predicted octanol–water partition coefficient (Wildman–Crippen LogP) is 3.77. The monoisotopic (exact) mass is 329 g/mol. The van der Waals surface area contributed by atoms with Crippen molar-refractivity contribution in [3.63, 3.8) is 0 Å². The third kappa shape index (κ3) is 3.08. The van der Waals surface area contributed by atoms with Gasteiger partial charge in [-0.3, -0.25) is 0 Å². The Morgan fingerprint density at radius 1 is 1.33 bits per heavy atom. The summed E-state index contributed by atoms with van der Waals surface area (Å²) in [4.78, 5) is 11.1. The molecule has 0 spiro atoms. The van der Waals surface area contributed by atoms with E-state index in [0.717, 1.165) is 11.3 Å². The van der Waals surface area contributed by atoms with E-state index in [2.05, 4.69) is 45.2 Å². The van der Waals surface area contributed by atoms with Crippen molar-refractivity contribution in [1.29, 1.82) is 0 Å². The average molecular weight is 328 g/mol. The Labute approximate surface area is 101 Å². The molecule has 0 heterocycles. The van der Waals surface area contributed by atoms with Gasteiger partial charge in [0.15, 0.2) is 0 Å². The van der Waals surface area contributed by atoms with Crippen molar-refractivity contribution in [2.24, 2.45) is 4.99 Å². The van der Waals surface area contributed by atoms with Crippen molar-refractivity contribution in [3.8, 4) is 0 Å². The fourth-order valence-corrected chi connectivity index (χ4v) is 4.81. The van der Waals surface area contributed by atoms with Gasteiger partial charge in [-0.1, -0.05) is 0 Å². The van der Waals surface area contributed by atoms with Crippen LogP contribution >= 0.6 is 11.6 Å². The molecule has 0 fully saturated rings. The Bertz CT molecular complexity index is 405. The second-order valence-corrected chi connectivity index (χ2v) is 19.5. The molecule has 15 heavy (non-hydrogen) atoms. The van der Waals surface area contributed by atoms with Crippen LogP contribution in [0.25, 0.3) is 5.03 Å². The van der Waals surface area contributed by atoms with Crippen molar-refractivity contribution in [2.45, 2.75) is 14.8 Å². The summed E-state index contributed by atoms with van der Waals surface area (Å²) in [5.41, 5.74) is 1.73. The molecule has 1 rings (SSSR count). The van der Waals surface area contributed by atoms with Gasteiger partial charge in [0.1, 0.15) is 0 Å². The zero-order valence-corrected chi connectivity index (χ0v) is 13.1. The molecular weight excluding hydrogens is 312 g/mol. The van der Waals surface area contributed by atoms with E-state index in [1.165, 1.54) is 3.58 Å². The van der Waals surface area contributed by atoms with Crippen molar-refractivity contribution in [1.82, 2.24) is 0 Å². The average Bonchev–Trinajstić information content (AvgIpc) is 2.15. The van der Waals surface area contributed by atoms with E-state index in [1.807, 2.05) is 6.07 Å². The number of aliphatic imine (C=N–C) groups is 1. The van der Waals surface area contributed by atoms with Crippen LogP contribution in [0.1, 0.15) is 5.56 Å². The van der Waals surface area contributed by atoms with Gasteiger partial charge >= 0.3 is 101 Å². The van der Waals surface area contributed by atoms with E-state index >= 15 is 0 Å². The van der Waals surface area contributed by atoms with Gasteiger partial charge < -0.3 is 0 Å². The standard InChI is InChI=1S/C9H7ClN.3CH3.Sn/c1-7(10)8-5-3-4-6-9(8)11-2;;;;/h3,5-6H,1-2H2;3*1H3;. The Kier molecular flexibility index (Phi) is 4.01. The second-order valence-electron chi connectivity index (χ2n) is 4.54. The quantitative estimate of drug-likeness (QED) is 0.591. The molecule has 0 N–H and O–H groups in total. The van der Waals surface area contributed by atoms with Gasteiger partial charge in [-0.05, 0) is 0 Å². The van der Waals surface area contributed by atoms with Crippen LogP contribution in [0.3, 0.4) is 0 Å². The van der Waals surface area contributed by atoms with Gasteiger partial charge in [0.2, 0.25) is 0 Å². The summed E-state index contributed by atoms with van der Waals surface area (Å²) in [5.74, 6) is 0. The molecule has 1 aromatic carbocycles. The van der Waals surface area contributed by atoms with E-state index in [0.29, 0.717) is 5.03 Å². The van der Waals surface area contributed by atoms with E-state index in [9.17, 15) is 0 Å². The predicted molar refractivity (Wildman–Crippen MR) is 73.5 cm³/mol. The van der Waals surface area contributed by atoms with Crippen LogP contribution in [0.2, 0.25) is 14.8 Å². The van der Waals surface area contributed by atoms with E-state index in [1.54, 1.807) is 0 Å². The first-order chi connectivity index (χ1) is 6.86. The first-order valence-electron chi connectivity index (χ1n) is 4.82. The zero-order valence-electron chi connectivity index (χ0n) is 9.47. The van der Waals surface area contributed by atoms with Gasteiger partial charge in [-0.2, -0.15) is 0 Å². The Hall–Kier alpha value is -0.281. The van der Waals surface area contributed by atoms with Crippen LogP contribution in [0.4, 0.5) is 5.69 Å². The second kappa shape index (κ2) is 4.70. The fraction of sp³-hybridized carbons (Fsp3) is 0.250. The SMILES string of the molecule is C=Nc1c[c]([Sn]([CH3])([CH3])[CH3])ccc1C(=C)Cl. The fourth-order valence-electron chi connectivity index (χ4n) is 1.36. The summed E-state index contributed by atoms with van der Waals surface area (Å²) in [6, 6.07) is 6.25. The van der Waals surface area contributed by atoms with Gasteiger partial charge in [-0.15, -0.1) is 0 Å². The molecule has 0 radical (unpaired) electrons. The number of hydrogen-bond donors (Lipinski definition) is 0. The van der Waals surface area contributed by atoms with Crippen molar-refractivity contribution in [2.75, 3.05) is 0 Å². The van der Waals surface area contributed by atoms with Crippen molar-refractivity contribution >= 4 is 51.0 Å². The molecule has 0 bridgehead atoms. The molecule has 0 unspecified atom stereocenters.